The van der Waals surface area contributed by atoms with E-state index in [2.05, 4.69) is 31.2 Å². The standard InChI is InChI=1S/C8H18N2/c1-7-6-8(10(2)3)4-5-9-7/h7-9H,4-6H2,1-3H3. The van der Waals surface area contributed by atoms with Crippen molar-refractivity contribution in [3.8, 4) is 0 Å². The molecule has 0 aromatic rings. The Balaban J connectivity index is 2.32. The maximum absolute atomic E-state index is 3.44. The Hall–Kier alpha value is -0.0800. The van der Waals surface area contributed by atoms with Crippen molar-refractivity contribution in [2.45, 2.75) is 31.8 Å². The average Bonchev–Trinajstić information content (AvgIpc) is 1.88. The van der Waals surface area contributed by atoms with Crippen LogP contribution in [0.2, 0.25) is 0 Å². The summed E-state index contributed by atoms with van der Waals surface area (Å²) in [4.78, 5) is 2.33. The highest BCUT2D eigenvalue weighted by atomic mass is 15.1. The number of hydrogen-bond donors (Lipinski definition) is 1. The predicted molar refractivity (Wildman–Crippen MR) is 44.2 cm³/mol. The highest BCUT2D eigenvalue weighted by Crippen LogP contribution is 2.11. The molecule has 1 heterocycles. The van der Waals surface area contributed by atoms with Gasteiger partial charge < -0.3 is 10.2 Å². The van der Waals surface area contributed by atoms with Crippen LogP contribution in [0.3, 0.4) is 0 Å². The smallest absolute Gasteiger partial charge is 0.0116 e. The van der Waals surface area contributed by atoms with Gasteiger partial charge in [-0.15, -0.1) is 0 Å². The van der Waals surface area contributed by atoms with E-state index in [0.29, 0.717) is 6.04 Å². The zero-order valence-electron chi connectivity index (χ0n) is 7.22. The number of hydrogen-bond acceptors (Lipinski definition) is 2. The molecule has 0 saturated carbocycles. The van der Waals surface area contributed by atoms with E-state index in [1.165, 1.54) is 19.4 Å². The lowest BCUT2D eigenvalue weighted by Crippen LogP contribution is -2.44. The molecule has 60 valence electrons. The van der Waals surface area contributed by atoms with Crippen molar-refractivity contribution >= 4 is 0 Å². The molecule has 1 N–H and O–H groups in total. The number of piperidine rings is 1. The second-order valence-electron chi connectivity index (χ2n) is 3.50. The number of nitrogens with zero attached hydrogens (tertiary/aromatic N) is 1. The third-order valence-corrected chi connectivity index (χ3v) is 2.33. The van der Waals surface area contributed by atoms with Crippen molar-refractivity contribution in [2.24, 2.45) is 0 Å². The fourth-order valence-electron chi connectivity index (χ4n) is 1.57. The lowest BCUT2D eigenvalue weighted by Gasteiger charge is -2.32. The molecule has 0 amide bonds. The summed E-state index contributed by atoms with van der Waals surface area (Å²) in [5.41, 5.74) is 0. The summed E-state index contributed by atoms with van der Waals surface area (Å²) in [7, 11) is 4.34. The Morgan fingerprint density at radius 1 is 1.40 bits per heavy atom. The molecule has 1 saturated heterocycles. The molecule has 10 heavy (non-hydrogen) atoms. The molecule has 0 aromatic carbocycles. The van der Waals surface area contributed by atoms with Crippen LogP contribution in [0.15, 0.2) is 0 Å². The second kappa shape index (κ2) is 3.35. The largest absolute Gasteiger partial charge is 0.314 e. The van der Waals surface area contributed by atoms with Gasteiger partial charge in [0.15, 0.2) is 0 Å². The molecule has 1 aliphatic rings. The minimum absolute atomic E-state index is 0.709. The molecule has 0 aliphatic carbocycles. The van der Waals surface area contributed by atoms with Gasteiger partial charge in [0.2, 0.25) is 0 Å². The van der Waals surface area contributed by atoms with Crippen molar-refractivity contribution in [1.29, 1.82) is 0 Å². The minimum atomic E-state index is 0.709. The quantitative estimate of drug-likeness (QED) is 0.579. The summed E-state index contributed by atoms with van der Waals surface area (Å²) in [6.45, 7) is 3.44. The molecule has 0 bridgehead atoms. The SMILES string of the molecule is CC1CC(N(C)C)CCN1. The van der Waals surface area contributed by atoms with Crippen molar-refractivity contribution in [3.05, 3.63) is 0 Å². The molecular weight excluding hydrogens is 124 g/mol. The van der Waals surface area contributed by atoms with Gasteiger partial charge >= 0.3 is 0 Å². The summed E-state index contributed by atoms with van der Waals surface area (Å²) in [6, 6.07) is 1.51. The van der Waals surface area contributed by atoms with E-state index in [1.54, 1.807) is 0 Å². The van der Waals surface area contributed by atoms with Crippen LogP contribution in [-0.2, 0) is 0 Å². The van der Waals surface area contributed by atoms with Gasteiger partial charge in [0.05, 0.1) is 0 Å². The molecule has 2 heteroatoms. The Bertz CT molecular complexity index is 101. The van der Waals surface area contributed by atoms with E-state index in [1.807, 2.05) is 0 Å². The Kier molecular flexibility index (Phi) is 2.69. The molecule has 2 unspecified atom stereocenters. The van der Waals surface area contributed by atoms with Gasteiger partial charge in [0.25, 0.3) is 0 Å². The molecule has 0 aromatic heterocycles. The van der Waals surface area contributed by atoms with E-state index in [-0.39, 0.29) is 0 Å². The molecule has 2 nitrogen and oxygen atoms in total. The van der Waals surface area contributed by atoms with E-state index in [4.69, 9.17) is 0 Å². The van der Waals surface area contributed by atoms with Gasteiger partial charge in [-0.05, 0) is 40.4 Å². The first-order valence-corrected chi connectivity index (χ1v) is 4.10. The highest BCUT2D eigenvalue weighted by Gasteiger charge is 2.18. The fourth-order valence-corrected chi connectivity index (χ4v) is 1.57. The van der Waals surface area contributed by atoms with E-state index in [9.17, 15) is 0 Å². The van der Waals surface area contributed by atoms with Crippen LogP contribution in [0.25, 0.3) is 0 Å². The minimum Gasteiger partial charge on any atom is -0.314 e. The van der Waals surface area contributed by atoms with Crippen molar-refractivity contribution in [3.63, 3.8) is 0 Å². The van der Waals surface area contributed by atoms with Crippen LogP contribution in [-0.4, -0.2) is 37.6 Å². The van der Waals surface area contributed by atoms with Crippen molar-refractivity contribution < 1.29 is 0 Å². The summed E-state index contributed by atoms with van der Waals surface area (Å²) in [5, 5.41) is 3.44. The lowest BCUT2D eigenvalue weighted by molar-refractivity contribution is 0.212. The van der Waals surface area contributed by atoms with Gasteiger partial charge in [0.1, 0.15) is 0 Å². The first-order chi connectivity index (χ1) is 4.70. The maximum atomic E-state index is 3.44. The Labute approximate surface area is 63.6 Å². The third kappa shape index (κ3) is 1.96. The topological polar surface area (TPSA) is 15.3 Å². The monoisotopic (exact) mass is 142 g/mol. The average molecular weight is 142 g/mol. The van der Waals surface area contributed by atoms with Crippen LogP contribution in [0.4, 0.5) is 0 Å². The third-order valence-electron chi connectivity index (χ3n) is 2.33. The maximum Gasteiger partial charge on any atom is 0.0116 e. The summed E-state index contributed by atoms with van der Waals surface area (Å²) in [5.74, 6) is 0. The van der Waals surface area contributed by atoms with E-state index >= 15 is 0 Å². The first kappa shape index (κ1) is 8.02. The summed E-state index contributed by atoms with van der Waals surface area (Å²) < 4.78 is 0. The second-order valence-corrected chi connectivity index (χ2v) is 3.50. The zero-order valence-corrected chi connectivity index (χ0v) is 7.22. The molecule has 1 rings (SSSR count). The normalized spacial score (nSPS) is 34.8. The van der Waals surface area contributed by atoms with Crippen molar-refractivity contribution in [2.75, 3.05) is 20.6 Å². The van der Waals surface area contributed by atoms with Gasteiger partial charge in [0, 0.05) is 12.1 Å². The van der Waals surface area contributed by atoms with Crippen LogP contribution < -0.4 is 5.32 Å². The van der Waals surface area contributed by atoms with Gasteiger partial charge in [-0.1, -0.05) is 0 Å². The molecule has 0 spiro atoms. The van der Waals surface area contributed by atoms with Crippen molar-refractivity contribution in [1.82, 2.24) is 10.2 Å². The Morgan fingerprint density at radius 2 is 2.10 bits per heavy atom. The first-order valence-electron chi connectivity index (χ1n) is 4.10. The summed E-state index contributed by atoms with van der Waals surface area (Å²) in [6.07, 6.45) is 2.60. The molecule has 2 atom stereocenters. The fraction of sp³-hybridized carbons (Fsp3) is 1.00. The molecule has 1 aliphatic heterocycles. The van der Waals surface area contributed by atoms with E-state index < -0.39 is 0 Å². The van der Waals surface area contributed by atoms with Crippen LogP contribution >= 0.6 is 0 Å². The number of nitrogens with one attached hydrogen (secondary N) is 1. The molecular formula is C8H18N2. The van der Waals surface area contributed by atoms with Gasteiger partial charge in [-0.3, -0.25) is 0 Å². The van der Waals surface area contributed by atoms with Crippen LogP contribution in [0.5, 0.6) is 0 Å². The van der Waals surface area contributed by atoms with Crippen LogP contribution in [0.1, 0.15) is 19.8 Å². The summed E-state index contributed by atoms with van der Waals surface area (Å²) >= 11 is 0. The molecule has 1 fully saturated rings. The van der Waals surface area contributed by atoms with Gasteiger partial charge in [-0.2, -0.15) is 0 Å². The van der Waals surface area contributed by atoms with Crippen LogP contribution in [0, 0.1) is 0 Å². The Morgan fingerprint density at radius 3 is 2.50 bits per heavy atom. The van der Waals surface area contributed by atoms with E-state index in [0.717, 1.165) is 6.04 Å². The highest BCUT2D eigenvalue weighted by molar-refractivity contribution is 4.79. The predicted octanol–water partition coefficient (Wildman–Crippen LogP) is 0.688. The number of rotatable bonds is 1. The lowest BCUT2D eigenvalue weighted by atomic mass is 10.00. The zero-order chi connectivity index (χ0) is 7.56. The molecule has 0 radical (unpaired) electrons. The van der Waals surface area contributed by atoms with Gasteiger partial charge in [-0.25, -0.2) is 0 Å².